The minimum absolute atomic E-state index is 0.00887. The van der Waals surface area contributed by atoms with Gasteiger partial charge in [0.15, 0.2) is 0 Å². The number of carbonyl (C=O) groups excluding carboxylic acids is 1. The van der Waals surface area contributed by atoms with Crippen LogP contribution in [0.4, 0.5) is 0 Å². The molecular weight excluding hydrogens is 254 g/mol. The number of nitrogens with zero attached hydrogens (tertiary/aromatic N) is 1. The molecule has 1 saturated heterocycles. The molecule has 2 atom stereocenters. The van der Waals surface area contributed by atoms with Crippen molar-refractivity contribution < 1.29 is 14.7 Å². The first-order valence-electron chi connectivity index (χ1n) is 6.80. The fourth-order valence-corrected chi connectivity index (χ4v) is 2.68. The van der Waals surface area contributed by atoms with Gasteiger partial charge in [0, 0.05) is 25.4 Å². The molecule has 1 N–H and O–H groups in total. The number of hydrogen-bond acceptors (Lipinski definition) is 2. The van der Waals surface area contributed by atoms with E-state index < -0.39 is 11.9 Å². The van der Waals surface area contributed by atoms with Crippen molar-refractivity contribution in [1.29, 1.82) is 0 Å². The van der Waals surface area contributed by atoms with Crippen molar-refractivity contribution >= 4 is 11.9 Å². The molecule has 1 aromatic carbocycles. The van der Waals surface area contributed by atoms with Crippen LogP contribution in [-0.4, -0.2) is 35.0 Å². The number of benzene rings is 1. The third-order valence-electron chi connectivity index (χ3n) is 3.78. The second kappa shape index (κ2) is 6.37. The lowest BCUT2D eigenvalue weighted by molar-refractivity contribution is -0.141. The molecule has 1 amide bonds. The van der Waals surface area contributed by atoms with E-state index in [2.05, 4.69) is 6.58 Å². The van der Waals surface area contributed by atoms with Gasteiger partial charge >= 0.3 is 5.97 Å². The molecule has 0 unspecified atom stereocenters. The van der Waals surface area contributed by atoms with Crippen LogP contribution in [0.1, 0.15) is 24.3 Å². The Hall–Kier alpha value is -2.10. The Morgan fingerprint density at radius 3 is 2.60 bits per heavy atom. The Morgan fingerprint density at radius 1 is 1.30 bits per heavy atom. The van der Waals surface area contributed by atoms with E-state index in [0.717, 1.165) is 5.56 Å². The summed E-state index contributed by atoms with van der Waals surface area (Å²) < 4.78 is 0. The maximum Gasteiger partial charge on any atom is 0.308 e. The molecule has 1 aromatic rings. The lowest BCUT2D eigenvalue weighted by atomic mass is 9.89. The van der Waals surface area contributed by atoms with Gasteiger partial charge < -0.3 is 10.0 Å². The summed E-state index contributed by atoms with van der Waals surface area (Å²) in [5.41, 5.74) is 0.985. The molecule has 106 valence electrons. The van der Waals surface area contributed by atoms with Crippen molar-refractivity contribution in [2.45, 2.75) is 18.8 Å². The summed E-state index contributed by atoms with van der Waals surface area (Å²) >= 11 is 0. The fourth-order valence-electron chi connectivity index (χ4n) is 2.68. The van der Waals surface area contributed by atoms with Crippen LogP contribution < -0.4 is 0 Å². The normalized spacial score (nSPS) is 21.7. The monoisotopic (exact) mass is 273 g/mol. The number of carbonyl (C=O) groups is 2. The lowest BCUT2D eigenvalue weighted by Gasteiger charge is -2.16. The zero-order chi connectivity index (χ0) is 14.5. The molecule has 4 heteroatoms. The Bertz CT molecular complexity index is 498. The molecule has 2 rings (SSSR count). The van der Waals surface area contributed by atoms with Crippen LogP contribution in [0.25, 0.3) is 0 Å². The van der Waals surface area contributed by atoms with Gasteiger partial charge in [-0.05, 0) is 12.0 Å². The minimum atomic E-state index is -0.835. The molecule has 0 saturated carbocycles. The van der Waals surface area contributed by atoms with Crippen LogP contribution in [0.15, 0.2) is 43.0 Å². The van der Waals surface area contributed by atoms with E-state index in [1.807, 2.05) is 30.3 Å². The van der Waals surface area contributed by atoms with E-state index in [4.69, 9.17) is 0 Å². The number of carboxylic acid groups (broad SMARTS) is 1. The summed E-state index contributed by atoms with van der Waals surface area (Å²) in [5.74, 6) is -1.47. The Morgan fingerprint density at radius 2 is 2.00 bits per heavy atom. The van der Waals surface area contributed by atoms with E-state index in [-0.39, 0.29) is 11.8 Å². The first kappa shape index (κ1) is 14.3. The third-order valence-corrected chi connectivity index (χ3v) is 3.78. The molecular formula is C16H19NO3. The molecule has 0 spiro atoms. The first-order valence-corrected chi connectivity index (χ1v) is 6.80. The SMILES string of the molecule is C=CCCC(=O)N1C[C@H](c2ccccc2)[C@H](C(=O)O)C1. The smallest absolute Gasteiger partial charge is 0.308 e. The van der Waals surface area contributed by atoms with Gasteiger partial charge in [0.2, 0.25) is 5.91 Å². The van der Waals surface area contributed by atoms with Crippen molar-refractivity contribution in [1.82, 2.24) is 4.90 Å². The highest BCUT2D eigenvalue weighted by Gasteiger charge is 2.39. The topological polar surface area (TPSA) is 57.6 Å². The highest BCUT2D eigenvalue weighted by Crippen LogP contribution is 2.33. The predicted molar refractivity (Wildman–Crippen MR) is 76.3 cm³/mol. The average Bonchev–Trinajstić information content (AvgIpc) is 2.91. The third kappa shape index (κ3) is 3.07. The van der Waals surface area contributed by atoms with Crippen LogP contribution >= 0.6 is 0 Å². The molecule has 1 fully saturated rings. The maximum absolute atomic E-state index is 12.0. The van der Waals surface area contributed by atoms with E-state index in [9.17, 15) is 14.7 Å². The highest BCUT2D eigenvalue weighted by atomic mass is 16.4. The first-order chi connectivity index (χ1) is 9.63. The number of likely N-dealkylation sites (tertiary alicyclic amines) is 1. The van der Waals surface area contributed by atoms with Crippen molar-refractivity contribution in [2.24, 2.45) is 5.92 Å². The molecule has 0 aliphatic carbocycles. The lowest BCUT2D eigenvalue weighted by Crippen LogP contribution is -2.29. The summed E-state index contributed by atoms with van der Waals surface area (Å²) in [6.07, 6.45) is 2.73. The molecule has 1 aliphatic rings. The van der Waals surface area contributed by atoms with Gasteiger partial charge in [0.1, 0.15) is 0 Å². The van der Waals surface area contributed by atoms with Gasteiger partial charge in [-0.15, -0.1) is 6.58 Å². The van der Waals surface area contributed by atoms with Crippen LogP contribution in [0.2, 0.25) is 0 Å². The van der Waals surface area contributed by atoms with Gasteiger partial charge in [-0.1, -0.05) is 36.4 Å². The summed E-state index contributed by atoms with van der Waals surface area (Å²) in [6.45, 7) is 4.38. The molecule has 1 aliphatic heterocycles. The van der Waals surface area contributed by atoms with E-state index >= 15 is 0 Å². The predicted octanol–water partition coefficient (Wildman–Crippen LogP) is 2.28. The second-order valence-corrected chi connectivity index (χ2v) is 5.09. The average molecular weight is 273 g/mol. The molecule has 0 bridgehead atoms. The zero-order valence-corrected chi connectivity index (χ0v) is 11.4. The van der Waals surface area contributed by atoms with Crippen LogP contribution in [0, 0.1) is 5.92 Å². The number of aliphatic carboxylic acids is 1. The highest BCUT2D eigenvalue weighted by molar-refractivity contribution is 5.79. The number of carboxylic acids is 1. The van der Waals surface area contributed by atoms with Gasteiger partial charge in [-0.3, -0.25) is 9.59 Å². The summed E-state index contributed by atoms with van der Waals surface area (Å²) in [4.78, 5) is 25.1. The minimum Gasteiger partial charge on any atom is -0.481 e. The molecule has 20 heavy (non-hydrogen) atoms. The van der Waals surface area contributed by atoms with Gasteiger partial charge in [0.05, 0.1) is 5.92 Å². The molecule has 0 aromatic heterocycles. The summed E-state index contributed by atoms with van der Waals surface area (Å²) in [6, 6.07) is 9.56. The fraction of sp³-hybridized carbons (Fsp3) is 0.375. The Labute approximate surface area is 118 Å². The zero-order valence-electron chi connectivity index (χ0n) is 11.4. The van der Waals surface area contributed by atoms with Gasteiger partial charge in [-0.2, -0.15) is 0 Å². The van der Waals surface area contributed by atoms with E-state index in [1.165, 1.54) is 0 Å². The van der Waals surface area contributed by atoms with Crippen molar-refractivity contribution in [3.8, 4) is 0 Å². The number of hydrogen-bond donors (Lipinski definition) is 1. The van der Waals surface area contributed by atoms with Gasteiger partial charge in [-0.25, -0.2) is 0 Å². The van der Waals surface area contributed by atoms with E-state index in [1.54, 1.807) is 11.0 Å². The molecule has 0 radical (unpaired) electrons. The van der Waals surface area contributed by atoms with E-state index in [0.29, 0.717) is 25.9 Å². The maximum atomic E-state index is 12.0. The standard InChI is InChI=1S/C16H19NO3/c1-2-3-9-15(18)17-10-13(14(11-17)16(19)20)12-7-5-4-6-8-12/h2,4-8,13-14H,1,3,9-11H2,(H,19,20)/t13-,14-/m1/s1. The van der Waals surface area contributed by atoms with Gasteiger partial charge in [0.25, 0.3) is 0 Å². The van der Waals surface area contributed by atoms with Crippen molar-refractivity contribution in [2.75, 3.05) is 13.1 Å². The summed E-state index contributed by atoms with van der Waals surface area (Å²) in [7, 11) is 0. The van der Waals surface area contributed by atoms with Crippen molar-refractivity contribution in [3.05, 3.63) is 48.6 Å². The molecule has 1 heterocycles. The van der Waals surface area contributed by atoms with Crippen LogP contribution in [0.3, 0.4) is 0 Å². The van der Waals surface area contributed by atoms with Crippen LogP contribution in [-0.2, 0) is 9.59 Å². The number of amides is 1. The summed E-state index contributed by atoms with van der Waals surface area (Å²) in [5, 5.41) is 9.37. The largest absolute Gasteiger partial charge is 0.481 e. The second-order valence-electron chi connectivity index (χ2n) is 5.09. The quantitative estimate of drug-likeness (QED) is 0.837. The van der Waals surface area contributed by atoms with Crippen LogP contribution in [0.5, 0.6) is 0 Å². The Kier molecular flexibility index (Phi) is 4.56. The number of allylic oxidation sites excluding steroid dienone is 1. The molecule has 4 nitrogen and oxygen atoms in total. The Balaban J connectivity index is 2.13. The number of rotatable bonds is 5. The van der Waals surface area contributed by atoms with Crippen molar-refractivity contribution in [3.63, 3.8) is 0 Å².